The zero-order valence-corrected chi connectivity index (χ0v) is 18.6. The molecule has 3 heterocycles. The van der Waals surface area contributed by atoms with E-state index in [0.717, 1.165) is 27.3 Å². The molecule has 1 saturated heterocycles. The highest BCUT2D eigenvalue weighted by atomic mass is 35.5. The van der Waals surface area contributed by atoms with Gasteiger partial charge in [-0.2, -0.15) is 0 Å². The van der Waals surface area contributed by atoms with Crippen LogP contribution in [0.3, 0.4) is 0 Å². The van der Waals surface area contributed by atoms with Gasteiger partial charge in [0.2, 0.25) is 5.91 Å². The maximum atomic E-state index is 13.4. The molecule has 32 heavy (non-hydrogen) atoms. The second-order valence-corrected chi connectivity index (χ2v) is 8.48. The standard InChI is InChI=1S/C22H25ClN6O3/c1-14(15-3-5-16(23)6-4-15)27-20(30)22(28(2)21(31)32)8-11-29(12-9-22)19-17-7-10-24-18(17)25-13-26-19/h3-7,10,13-14H,8-9,11-12H2,1-2H3,(H,27,30)(H,31,32)(H,24,25,26). The molecule has 9 nitrogen and oxygen atoms in total. The van der Waals surface area contributed by atoms with Gasteiger partial charge in [0.05, 0.1) is 11.4 Å². The quantitative estimate of drug-likeness (QED) is 0.541. The summed E-state index contributed by atoms with van der Waals surface area (Å²) >= 11 is 5.96. The zero-order valence-electron chi connectivity index (χ0n) is 17.9. The number of hydrogen-bond donors (Lipinski definition) is 3. The van der Waals surface area contributed by atoms with E-state index in [1.54, 1.807) is 18.3 Å². The number of aromatic amines is 1. The fourth-order valence-electron chi connectivity index (χ4n) is 4.26. The topological polar surface area (TPSA) is 114 Å². The number of carboxylic acid groups (broad SMARTS) is 1. The highest BCUT2D eigenvalue weighted by Crippen LogP contribution is 2.33. The minimum Gasteiger partial charge on any atom is -0.465 e. The van der Waals surface area contributed by atoms with Gasteiger partial charge in [-0.25, -0.2) is 14.8 Å². The first-order chi connectivity index (χ1) is 15.3. The molecule has 0 saturated carbocycles. The van der Waals surface area contributed by atoms with Crippen molar-refractivity contribution in [3.63, 3.8) is 0 Å². The molecule has 1 aliphatic rings. The number of nitrogens with zero attached hydrogens (tertiary/aromatic N) is 4. The van der Waals surface area contributed by atoms with Crippen molar-refractivity contribution in [3.05, 3.63) is 53.4 Å². The number of benzene rings is 1. The number of nitrogens with one attached hydrogen (secondary N) is 2. The normalized spacial score (nSPS) is 16.5. The van der Waals surface area contributed by atoms with Crippen molar-refractivity contribution in [1.29, 1.82) is 0 Å². The van der Waals surface area contributed by atoms with E-state index in [9.17, 15) is 14.7 Å². The number of carbonyl (C=O) groups is 2. The first-order valence-electron chi connectivity index (χ1n) is 10.4. The van der Waals surface area contributed by atoms with E-state index in [4.69, 9.17) is 11.6 Å². The number of fused-ring (bicyclic) bond motifs is 1. The Kier molecular flexibility index (Phi) is 5.92. The van der Waals surface area contributed by atoms with Gasteiger partial charge in [0, 0.05) is 31.4 Å². The van der Waals surface area contributed by atoms with Crippen molar-refractivity contribution in [2.45, 2.75) is 31.3 Å². The van der Waals surface area contributed by atoms with Crippen LogP contribution in [0, 0.1) is 0 Å². The highest BCUT2D eigenvalue weighted by Gasteiger charge is 2.47. The van der Waals surface area contributed by atoms with Gasteiger partial charge in [0.15, 0.2) is 0 Å². The molecule has 3 N–H and O–H groups in total. The maximum absolute atomic E-state index is 13.4. The van der Waals surface area contributed by atoms with Gasteiger partial charge >= 0.3 is 6.09 Å². The summed E-state index contributed by atoms with van der Waals surface area (Å²) in [6, 6.07) is 8.84. The van der Waals surface area contributed by atoms with Gasteiger partial charge in [0.25, 0.3) is 0 Å². The van der Waals surface area contributed by atoms with Crippen molar-refractivity contribution in [1.82, 2.24) is 25.2 Å². The summed E-state index contributed by atoms with van der Waals surface area (Å²) in [5.41, 5.74) is 0.459. The summed E-state index contributed by atoms with van der Waals surface area (Å²) < 4.78 is 0. The van der Waals surface area contributed by atoms with Crippen LogP contribution < -0.4 is 10.2 Å². The van der Waals surface area contributed by atoms with Crippen LogP contribution in [0.2, 0.25) is 5.02 Å². The van der Waals surface area contributed by atoms with Crippen molar-refractivity contribution in [2.24, 2.45) is 0 Å². The Morgan fingerprint density at radius 2 is 1.91 bits per heavy atom. The maximum Gasteiger partial charge on any atom is 0.407 e. The lowest BCUT2D eigenvalue weighted by Gasteiger charge is -2.45. The number of hydrogen-bond acceptors (Lipinski definition) is 5. The van der Waals surface area contributed by atoms with Crippen molar-refractivity contribution in [2.75, 3.05) is 25.0 Å². The number of likely N-dealkylation sites (N-methyl/N-ethyl adjacent to an activating group) is 1. The third-order valence-corrected chi connectivity index (χ3v) is 6.54. The van der Waals surface area contributed by atoms with Gasteiger partial charge in [-0.05, 0) is 43.5 Å². The highest BCUT2D eigenvalue weighted by molar-refractivity contribution is 6.30. The molecule has 0 bridgehead atoms. The van der Waals surface area contributed by atoms with E-state index in [1.165, 1.54) is 13.4 Å². The summed E-state index contributed by atoms with van der Waals surface area (Å²) in [6.45, 7) is 2.84. The molecular formula is C22H25ClN6O3. The predicted molar refractivity (Wildman–Crippen MR) is 122 cm³/mol. The number of piperidine rings is 1. The van der Waals surface area contributed by atoms with E-state index in [0.29, 0.717) is 31.0 Å². The first-order valence-corrected chi connectivity index (χ1v) is 10.8. The molecular weight excluding hydrogens is 432 g/mol. The minimum absolute atomic E-state index is 0.293. The molecule has 2 aromatic heterocycles. The van der Waals surface area contributed by atoms with Crippen LogP contribution in [-0.4, -0.2) is 62.6 Å². The van der Waals surface area contributed by atoms with E-state index in [2.05, 4.69) is 25.2 Å². The van der Waals surface area contributed by atoms with Crippen LogP contribution in [-0.2, 0) is 4.79 Å². The van der Waals surface area contributed by atoms with Crippen LogP contribution in [0.4, 0.5) is 10.6 Å². The lowest BCUT2D eigenvalue weighted by molar-refractivity contribution is -0.134. The van der Waals surface area contributed by atoms with Crippen molar-refractivity contribution < 1.29 is 14.7 Å². The lowest BCUT2D eigenvalue weighted by atomic mass is 9.84. The molecule has 168 valence electrons. The third-order valence-electron chi connectivity index (χ3n) is 6.29. The Morgan fingerprint density at radius 1 is 1.22 bits per heavy atom. The molecule has 0 spiro atoms. The molecule has 0 aliphatic carbocycles. The Morgan fingerprint density at radius 3 is 2.56 bits per heavy atom. The monoisotopic (exact) mass is 456 g/mol. The first kappa shape index (κ1) is 21.9. The van der Waals surface area contributed by atoms with Crippen LogP contribution >= 0.6 is 11.6 Å². The molecule has 4 rings (SSSR count). The Labute approximate surface area is 190 Å². The summed E-state index contributed by atoms with van der Waals surface area (Å²) in [4.78, 5) is 40.3. The number of anilines is 1. The van der Waals surface area contributed by atoms with E-state index < -0.39 is 11.6 Å². The summed E-state index contributed by atoms with van der Waals surface area (Å²) in [5.74, 6) is 0.469. The zero-order chi connectivity index (χ0) is 22.9. The molecule has 3 aromatic rings. The smallest absolute Gasteiger partial charge is 0.407 e. The molecule has 1 aromatic carbocycles. The van der Waals surface area contributed by atoms with Gasteiger partial charge in [-0.15, -0.1) is 0 Å². The Balaban J connectivity index is 1.55. The fraction of sp³-hybridized carbons (Fsp3) is 0.364. The molecule has 10 heteroatoms. The number of rotatable bonds is 5. The number of halogens is 1. The Hall–Kier alpha value is -3.33. The van der Waals surface area contributed by atoms with Crippen molar-refractivity contribution in [3.8, 4) is 0 Å². The number of amides is 2. The SMILES string of the molecule is CC(NC(=O)C1(N(C)C(=O)O)CCN(c2ncnc3[nH]ccc23)CC1)c1ccc(Cl)cc1. The molecule has 2 amide bonds. The van der Waals surface area contributed by atoms with Gasteiger partial charge in [0.1, 0.15) is 23.3 Å². The fourth-order valence-corrected chi connectivity index (χ4v) is 4.39. The summed E-state index contributed by atoms with van der Waals surface area (Å²) in [7, 11) is 1.46. The number of carbonyl (C=O) groups excluding carboxylic acids is 1. The summed E-state index contributed by atoms with van der Waals surface area (Å²) in [6.07, 6.45) is 2.85. The summed E-state index contributed by atoms with van der Waals surface area (Å²) in [5, 5.41) is 14.2. The van der Waals surface area contributed by atoms with Crippen molar-refractivity contribution >= 4 is 40.5 Å². The minimum atomic E-state index is -1.17. The predicted octanol–water partition coefficient (Wildman–Crippen LogP) is 3.44. The van der Waals surface area contributed by atoms with Crippen LogP contribution in [0.25, 0.3) is 11.0 Å². The van der Waals surface area contributed by atoms with Crippen LogP contribution in [0.1, 0.15) is 31.4 Å². The molecule has 1 atom stereocenters. The Bertz CT molecular complexity index is 1120. The van der Waals surface area contributed by atoms with E-state index in [1.807, 2.05) is 25.1 Å². The third kappa shape index (κ3) is 3.95. The molecule has 1 unspecified atom stereocenters. The largest absolute Gasteiger partial charge is 0.465 e. The average molecular weight is 457 g/mol. The lowest BCUT2D eigenvalue weighted by Crippen LogP contribution is -2.63. The second-order valence-electron chi connectivity index (χ2n) is 8.04. The van der Waals surface area contributed by atoms with Gasteiger partial charge in [-0.3, -0.25) is 9.69 Å². The average Bonchev–Trinajstić information content (AvgIpc) is 3.28. The van der Waals surface area contributed by atoms with E-state index >= 15 is 0 Å². The van der Waals surface area contributed by atoms with Gasteiger partial charge < -0.3 is 20.3 Å². The molecule has 1 fully saturated rings. The molecule has 0 radical (unpaired) electrons. The number of H-pyrrole nitrogens is 1. The number of aromatic nitrogens is 3. The van der Waals surface area contributed by atoms with Gasteiger partial charge in [-0.1, -0.05) is 23.7 Å². The van der Waals surface area contributed by atoms with E-state index in [-0.39, 0.29) is 11.9 Å². The molecule has 1 aliphatic heterocycles. The van der Waals surface area contributed by atoms with Crippen LogP contribution in [0.15, 0.2) is 42.9 Å². The van der Waals surface area contributed by atoms with Crippen LogP contribution in [0.5, 0.6) is 0 Å². The second kappa shape index (κ2) is 8.66.